The molecule has 1 aromatic heterocycles. The fraction of sp³-hybridized carbons (Fsp3) is 0.200. The van der Waals surface area contributed by atoms with Gasteiger partial charge in [0.05, 0.1) is 21.6 Å². The molecule has 0 aliphatic rings. The first-order valence-corrected chi connectivity index (χ1v) is 11.0. The number of hydrogen-bond donors (Lipinski definition) is 2. The van der Waals surface area contributed by atoms with Gasteiger partial charge in [0, 0.05) is 16.6 Å². The summed E-state index contributed by atoms with van der Waals surface area (Å²) in [5, 5.41) is 5.69. The first-order valence-electron chi connectivity index (χ1n) is 8.67. The van der Waals surface area contributed by atoms with Crippen LogP contribution < -0.4 is 10.0 Å². The molecule has 1 amide bonds. The highest BCUT2D eigenvalue weighted by atomic mass is 32.2. The topological polar surface area (TPSA) is 88.2 Å². The molecule has 6 nitrogen and oxygen atoms in total. The molecule has 0 aliphatic carbocycles. The first kappa shape index (κ1) is 20.2. The van der Waals surface area contributed by atoms with Crippen LogP contribution in [-0.4, -0.2) is 25.4 Å². The largest absolute Gasteiger partial charge is 0.325 e. The van der Waals surface area contributed by atoms with Gasteiger partial charge in [-0.25, -0.2) is 13.4 Å². The van der Waals surface area contributed by atoms with Crippen LogP contribution in [0.4, 0.5) is 5.69 Å². The van der Waals surface area contributed by atoms with Gasteiger partial charge < -0.3 is 5.32 Å². The van der Waals surface area contributed by atoms with Crippen LogP contribution >= 0.6 is 11.3 Å². The van der Waals surface area contributed by atoms with Crippen molar-refractivity contribution in [2.75, 3.05) is 5.32 Å². The predicted octanol–water partition coefficient (Wildman–Crippen LogP) is 3.73. The highest BCUT2D eigenvalue weighted by Crippen LogP contribution is 2.23. The van der Waals surface area contributed by atoms with Crippen LogP contribution in [0.1, 0.15) is 17.5 Å². The van der Waals surface area contributed by atoms with E-state index < -0.39 is 22.0 Å². The van der Waals surface area contributed by atoms with Crippen molar-refractivity contribution in [2.24, 2.45) is 0 Å². The van der Waals surface area contributed by atoms with E-state index >= 15 is 0 Å². The molecule has 2 N–H and O–H groups in total. The Balaban J connectivity index is 1.64. The molecule has 0 aliphatic heterocycles. The second kappa shape index (κ2) is 8.22. The molecule has 0 fully saturated rings. The third-order valence-electron chi connectivity index (χ3n) is 4.12. The Kier molecular flexibility index (Phi) is 5.93. The Morgan fingerprint density at radius 1 is 1.04 bits per heavy atom. The maximum atomic E-state index is 12.4. The van der Waals surface area contributed by atoms with Crippen molar-refractivity contribution in [2.45, 2.75) is 31.7 Å². The van der Waals surface area contributed by atoms with Gasteiger partial charge in [-0.05, 0) is 45.0 Å². The van der Waals surface area contributed by atoms with Crippen molar-refractivity contribution in [3.8, 4) is 11.3 Å². The van der Waals surface area contributed by atoms with Crippen molar-refractivity contribution < 1.29 is 13.2 Å². The number of aryl methyl sites for hydroxylation is 2. The van der Waals surface area contributed by atoms with Crippen LogP contribution in [0, 0.1) is 13.8 Å². The average molecular weight is 416 g/mol. The molecule has 8 heteroatoms. The van der Waals surface area contributed by atoms with E-state index in [0.29, 0.717) is 5.69 Å². The summed E-state index contributed by atoms with van der Waals surface area (Å²) in [6.07, 6.45) is 0. The van der Waals surface area contributed by atoms with Crippen molar-refractivity contribution in [1.29, 1.82) is 0 Å². The summed E-state index contributed by atoms with van der Waals surface area (Å²) < 4.78 is 27.2. The number of sulfonamides is 1. The lowest BCUT2D eigenvalue weighted by Gasteiger charge is -2.15. The minimum Gasteiger partial charge on any atom is -0.325 e. The van der Waals surface area contributed by atoms with E-state index in [2.05, 4.69) is 15.0 Å². The molecule has 0 bridgehead atoms. The molecule has 2 aromatic carbocycles. The van der Waals surface area contributed by atoms with E-state index in [0.717, 1.165) is 21.8 Å². The highest BCUT2D eigenvalue weighted by molar-refractivity contribution is 7.89. The maximum absolute atomic E-state index is 12.4. The lowest BCUT2D eigenvalue weighted by Crippen LogP contribution is -2.41. The summed E-state index contributed by atoms with van der Waals surface area (Å²) in [7, 11) is -3.77. The normalized spacial score (nSPS) is 12.5. The number of benzene rings is 2. The van der Waals surface area contributed by atoms with Gasteiger partial charge in [-0.3, -0.25) is 4.79 Å². The molecule has 1 atom stereocenters. The van der Waals surface area contributed by atoms with Crippen LogP contribution in [-0.2, 0) is 14.8 Å². The van der Waals surface area contributed by atoms with Crippen molar-refractivity contribution in [3.05, 3.63) is 64.5 Å². The van der Waals surface area contributed by atoms with Crippen molar-refractivity contribution in [3.63, 3.8) is 0 Å². The van der Waals surface area contributed by atoms with E-state index in [-0.39, 0.29) is 4.90 Å². The minimum atomic E-state index is -3.77. The summed E-state index contributed by atoms with van der Waals surface area (Å²) in [6, 6.07) is 12.8. The fourth-order valence-electron chi connectivity index (χ4n) is 2.54. The van der Waals surface area contributed by atoms with Gasteiger partial charge in [-0.15, -0.1) is 11.3 Å². The summed E-state index contributed by atoms with van der Waals surface area (Å²) in [4.78, 5) is 16.9. The third kappa shape index (κ3) is 4.83. The maximum Gasteiger partial charge on any atom is 0.242 e. The molecule has 3 aromatic rings. The number of carbonyl (C=O) groups is 1. The molecule has 28 heavy (non-hydrogen) atoms. The third-order valence-corrected chi connectivity index (χ3v) is 6.45. The van der Waals surface area contributed by atoms with E-state index in [4.69, 9.17) is 0 Å². The van der Waals surface area contributed by atoms with Gasteiger partial charge in [-0.1, -0.05) is 29.8 Å². The molecule has 0 unspecified atom stereocenters. The monoisotopic (exact) mass is 415 g/mol. The van der Waals surface area contributed by atoms with E-state index in [1.807, 2.05) is 31.4 Å². The zero-order valence-electron chi connectivity index (χ0n) is 15.8. The molecule has 146 valence electrons. The summed E-state index contributed by atoms with van der Waals surface area (Å²) in [5.74, 6) is -0.437. The molecule has 1 heterocycles. The highest BCUT2D eigenvalue weighted by Gasteiger charge is 2.22. The molecular weight excluding hydrogens is 394 g/mol. The lowest BCUT2D eigenvalue weighted by molar-refractivity contribution is -0.117. The number of nitrogens with one attached hydrogen (secondary N) is 2. The SMILES string of the molecule is Cc1ccc(S(=O)(=O)N[C@@H](C)C(=O)Nc2ccc(-c3csc(C)n3)cc2)cc1. The van der Waals surface area contributed by atoms with E-state index in [1.54, 1.807) is 35.6 Å². The number of carbonyl (C=O) groups excluding carboxylic acids is 1. The molecular formula is C20H21N3O3S2. The molecule has 0 spiro atoms. The van der Waals surface area contributed by atoms with E-state index in [1.165, 1.54) is 19.1 Å². The Labute approximate surface area is 168 Å². The number of thiazole rings is 1. The number of hydrogen-bond acceptors (Lipinski definition) is 5. The van der Waals surface area contributed by atoms with Gasteiger partial charge in [0.15, 0.2) is 0 Å². The summed E-state index contributed by atoms with van der Waals surface area (Å²) in [6.45, 7) is 5.33. The number of amides is 1. The molecule has 0 radical (unpaired) electrons. The number of rotatable bonds is 6. The van der Waals surface area contributed by atoms with Crippen molar-refractivity contribution in [1.82, 2.24) is 9.71 Å². The standard InChI is InChI=1S/C20H21N3O3S2/c1-13-4-10-18(11-5-13)28(25,26)23-14(2)20(24)22-17-8-6-16(7-9-17)19-12-27-15(3)21-19/h4-12,14,23H,1-3H3,(H,22,24)/t14-/m0/s1. The van der Waals surface area contributed by atoms with Crippen molar-refractivity contribution >= 4 is 33.0 Å². The van der Waals surface area contributed by atoms with Gasteiger partial charge in [0.1, 0.15) is 0 Å². The van der Waals surface area contributed by atoms with Crippen LogP contribution in [0.5, 0.6) is 0 Å². The van der Waals surface area contributed by atoms with Crippen LogP contribution in [0.3, 0.4) is 0 Å². The average Bonchev–Trinajstić information content (AvgIpc) is 3.08. The zero-order valence-corrected chi connectivity index (χ0v) is 17.4. The number of aromatic nitrogens is 1. The minimum absolute atomic E-state index is 0.126. The first-order chi connectivity index (χ1) is 13.2. The predicted molar refractivity (Wildman–Crippen MR) is 112 cm³/mol. The summed E-state index contributed by atoms with van der Waals surface area (Å²) >= 11 is 1.58. The van der Waals surface area contributed by atoms with Gasteiger partial charge in [0.25, 0.3) is 0 Å². The lowest BCUT2D eigenvalue weighted by atomic mass is 10.1. The Morgan fingerprint density at radius 3 is 2.25 bits per heavy atom. The Hall–Kier alpha value is -2.55. The zero-order chi connectivity index (χ0) is 20.3. The Morgan fingerprint density at radius 2 is 1.68 bits per heavy atom. The summed E-state index contributed by atoms with van der Waals surface area (Å²) in [5.41, 5.74) is 3.39. The van der Waals surface area contributed by atoms with E-state index in [9.17, 15) is 13.2 Å². The van der Waals surface area contributed by atoms with Crippen LogP contribution in [0.2, 0.25) is 0 Å². The van der Waals surface area contributed by atoms with Crippen LogP contribution in [0.25, 0.3) is 11.3 Å². The molecule has 0 saturated heterocycles. The van der Waals surface area contributed by atoms with Crippen LogP contribution in [0.15, 0.2) is 58.8 Å². The molecule has 3 rings (SSSR count). The second-order valence-electron chi connectivity index (χ2n) is 6.47. The van der Waals surface area contributed by atoms with Gasteiger partial charge >= 0.3 is 0 Å². The number of nitrogens with zero attached hydrogens (tertiary/aromatic N) is 1. The number of anilines is 1. The van der Waals surface area contributed by atoms with Gasteiger partial charge in [-0.2, -0.15) is 4.72 Å². The second-order valence-corrected chi connectivity index (χ2v) is 9.25. The fourth-order valence-corrected chi connectivity index (χ4v) is 4.37. The Bertz CT molecular complexity index is 1070. The smallest absolute Gasteiger partial charge is 0.242 e. The quantitative estimate of drug-likeness (QED) is 0.642. The molecule has 0 saturated carbocycles. The van der Waals surface area contributed by atoms with Gasteiger partial charge in [0.2, 0.25) is 15.9 Å².